The van der Waals surface area contributed by atoms with Gasteiger partial charge in [-0.3, -0.25) is 4.90 Å². The second-order valence-electron chi connectivity index (χ2n) is 7.25. The summed E-state index contributed by atoms with van der Waals surface area (Å²) in [6.07, 6.45) is 1.28. The molecule has 0 amide bonds. The topological polar surface area (TPSA) is 3.24 Å². The van der Waals surface area contributed by atoms with E-state index in [1.54, 1.807) is 0 Å². The molecule has 0 N–H and O–H groups in total. The van der Waals surface area contributed by atoms with Gasteiger partial charge in [-0.25, -0.2) is 0 Å². The van der Waals surface area contributed by atoms with Crippen LogP contribution in [0.3, 0.4) is 0 Å². The summed E-state index contributed by atoms with van der Waals surface area (Å²) in [5.74, 6) is 1.000. The largest absolute Gasteiger partial charge is 0.416 e. The minimum absolute atomic E-state index is 0.449. The lowest BCUT2D eigenvalue weighted by Crippen LogP contribution is -2.54. The fraction of sp³-hybridized carbons (Fsp3) is 0.667. The van der Waals surface area contributed by atoms with Crippen LogP contribution in [0.1, 0.15) is 53.9 Å². The molecule has 22 heavy (non-hydrogen) atoms. The highest BCUT2D eigenvalue weighted by atomic mass is 19.4. The molecule has 0 saturated carbocycles. The van der Waals surface area contributed by atoms with Gasteiger partial charge < -0.3 is 0 Å². The molecule has 0 spiro atoms. The Morgan fingerprint density at radius 1 is 1.09 bits per heavy atom. The first-order valence-corrected chi connectivity index (χ1v) is 8.40. The molecule has 0 bridgehead atoms. The number of hydrogen-bond donors (Lipinski definition) is 0. The van der Waals surface area contributed by atoms with E-state index in [2.05, 4.69) is 4.90 Å². The van der Waals surface area contributed by atoms with Gasteiger partial charge in [0, 0.05) is 12.0 Å². The maximum atomic E-state index is 13.1. The van der Waals surface area contributed by atoms with E-state index in [1.165, 1.54) is 50.0 Å². The van der Waals surface area contributed by atoms with Crippen LogP contribution in [0.15, 0.2) is 12.1 Å². The number of fused-ring (bicyclic) bond motifs is 2. The van der Waals surface area contributed by atoms with Gasteiger partial charge >= 0.3 is 6.18 Å². The van der Waals surface area contributed by atoms with Gasteiger partial charge in [0.2, 0.25) is 0 Å². The minimum Gasteiger partial charge on any atom is -0.299 e. The van der Waals surface area contributed by atoms with Gasteiger partial charge in [0.25, 0.3) is 0 Å². The van der Waals surface area contributed by atoms with Gasteiger partial charge in [0.15, 0.2) is 0 Å². The highest BCUT2D eigenvalue weighted by molar-refractivity contribution is 5.45. The first-order valence-electron chi connectivity index (χ1n) is 8.40. The summed E-state index contributed by atoms with van der Waals surface area (Å²) >= 11 is 0. The number of alkyl halides is 3. The SMILES string of the molecule is Cc1cc(C(F)(F)F)cc2c1C1CCCN3CCCC(C2)C13. The number of halogens is 3. The number of piperidine rings is 2. The van der Waals surface area contributed by atoms with E-state index in [9.17, 15) is 13.2 Å². The molecule has 120 valence electrons. The highest BCUT2D eigenvalue weighted by Crippen LogP contribution is 2.48. The Balaban J connectivity index is 1.81. The zero-order valence-corrected chi connectivity index (χ0v) is 12.9. The van der Waals surface area contributed by atoms with Crippen molar-refractivity contribution in [1.82, 2.24) is 4.90 Å². The second-order valence-corrected chi connectivity index (χ2v) is 7.25. The van der Waals surface area contributed by atoms with Crippen molar-refractivity contribution in [3.05, 3.63) is 34.4 Å². The summed E-state index contributed by atoms with van der Waals surface area (Å²) < 4.78 is 39.3. The van der Waals surface area contributed by atoms with Crippen LogP contribution < -0.4 is 0 Å². The standard InChI is InChI=1S/C18H22F3N/c1-11-8-14(18(19,20)21)10-13-9-12-4-2-6-22-7-3-5-15(16(11)13)17(12)22/h8,10,12,15,17H,2-7,9H2,1H3. The Kier molecular flexibility index (Phi) is 3.30. The second kappa shape index (κ2) is 4.98. The molecule has 0 radical (unpaired) electrons. The lowest BCUT2D eigenvalue weighted by molar-refractivity contribution is -0.137. The van der Waals surface area contributed by atoms with E-state index < -0.39 is 11.7 Å². The van der Waals surface area contributed by atoms with Crippen LogP contribution in [0.25, 0.3) is 0 Å². The monoisotopic (exact) mass is 309 g/mol. The smallest absolute Gasteiger partial charge is 0.299 e. The molecule has 1 aliphatic carbocycles. The van der Waals surface area contributed by atoms with Gasteiger partial charge in [-0.05, 0) is 86.9 Å². The van der Waals surface area contributed by atoms with E-state index >= 15 is 0 Å². The zero-order chi connectivity index (χ0) is 15.5. The Hall–Kier alpha value is -1.03. The minimum atomic E-state index is -4.23. The molecular formula is C18H22F3N. The van der Waals surface area contributed by atoms with Crippen LogP contribution >= 0.6 is 0 Å². The molecular weight excluding hydrogens is 287 g/mol. The molecule has 2 heterocycles. The average Bonchev–Trinajstić information content (AvgIpc) is 2.46. The van der Waals surface area contributed by atoms with Gasteiger partial charge in [-0.1, -0.05) is 0 Å². The Morgan fingerprint density at radius 2 is 1.82 bits per heavy atom. The first-order chi connectivity index (χ1) is 10.4. The van der Waals surface area contributed by atoms with Crippen molar-refractivity contribution >= 4 is 0 Å². The molecule has 2 saturated heterocycles. The summed E-state index contributed by atoms with van der Waals surface area (Å²) in [4.78, 5) is 2.61. The van der Waals surface area contributed by atoms with Gasteiger partial charge in [0.05, 0.1) is 5.56 Å². The molecule has 1 aromatic rings. The van der Waals surface area contributed by atoms with Crippen LogP contribution in [0.5, 0.6) is 0 Å². The summed E-state index contributed by atoms with van der Waals surface area (Å²) in [5.41, 5.74) is 2.59. The van der Waals surface area contributed by atoms with E-state index in [-0.39, 0.29) is 0 Å². The molecule has 0 aromatic heterocycles. The van der Waals surface area contributed by atoms with Crippen molar-refractivity contribution in [2.24, 2.45) is 5.92 Å². The fourth-order valence-electron chi connectivity index (χ4n) is 5.26. The molecule has 2 aliphatic heterocycles. The molecule has 4 rings (SSSR count). The highest BCUT2D eigenvalue weighted by Gasteiger charge is 2.45. The number of rotatable bonds is 0. The summed E-state index contributed by atoms with van der Waals surface area (Å²) in [5, 5.41) is 0. The third-order valence-electron chi connectivity index (χ3n) is 5.95. The van der Waals surface area contributed by atoms with E-state index in [0.717, 1.165) is 24.0 Å². The molecule has 4 heteroatoms. The maximum absolute atomic E-state index is 13.1. The van der Waals surface area contributed by atoms with E-state index in [1.807, 2.05) is 6.92 Å². The van der Waals surface area contributed by atoms with E-state index in [4.69, 9.17) is 0 Å². The summed E-state index contributed by atoms with van der Waals surface area (Å²) in [7, 11) is 0. The summed E-state index contributed by atoms with van der Waals surface area (Å²) in [6, 6.07) is 3.37. The summed E-state index contributed by atoms with van der Waals surface area (Å²) in [6.45, 7) is 4.22. The van der Waals surface area contributed by atoms with Crippen LogP contribution in [0.2, 0.25) is 0 Å². The number of nitrogens with zero attached hydrogens (tertiary/aromatic N) is 1. The predicted molar refractivity (Wildman–Crippen MR) is 79.9 cm³/mol. The Morgan fingerprint density at radius 3 is 2.55 bits per heavy atom. The van der Waals surface area contributed by atoms with Crippen LogP contribution in [-0.2, 0) is 12.6 Å². The molecule has 1 aromatic carbocycles. The normalized spacial score (nSPS) is 31.5. The molecule has 1 nitrogen and oxygen atoms in total. The Labute approximate surface area is 129 Å². The third-order valence-corrected chi connectivity index (χ3v) is 5.95. The van der Waals surface area contributed by atoms with Crippen molar-refractivity contribution in [3.63, 3.8) is 0 Å². The van der Waals surface area contributed by atoms with Gasteiger partial charge in [0.1, 0.15) is 0 Å². The molecule has 3 atom stereocenters. The van der Waals surface area contributed by atoms with Gasteiger partial charge in [-0.2, -0.15) is 13.2 Å². The number of benzene rings is 1. The van der Waals surface area contributed by atoms with Crippen molar-refractivity contribution < 1.29 is 13.2 Å². The number of aryl methyl sites for hydroxylation is 1. The predicted octanol–water partition coefficient (Wildman–Crippen LogP) is 4.53. The lowest BCUT2D eigenvalue weighted by Gasteiger charge is -2.52. The maximum Gasteiger partial charge on any atom is 0.416 e. The van der Waals surface area contributed by atoms with Crippen LogP contribution in [0, 0.1) is 12.8 Å². The molecule has 2 fully saturated rings. The quantitative estimate of drug-likeness (QED) is 0.680. The van der Waals surface area contributed by atoms with E-state index in [0.29, 0.717) is 17.9 Å². The molecule has 3 unspecified atom stereocenters. The van der Waals surface area contributed by atoms with Crippen molar-refractivity contribution in [2.75, 3.05) is 13.1 Å². The first kappa shape index (κ1) is 14.6. The third kappa shape index (κ3) is 2.18. The number of hydrogen-bond acceptors (Lipinski definition) is 1. The fourth-order valence-corrected chi connectivity index (χ4v) is 5.26. The van der Waals surface area contributed by atoms with Crippen molar-refractivity contribution in [2.45, 2.75) is 57.2 Å². The average molecular weight is 309 g/mol. The van der Waals surface area contributed by atoms with Gasteiger partial charge in [-0.15, -0.1) is 0 Å². The lowest BCUT2D eigenvalue weighted by atomic mass is 9.65. The molecule has 3 aliphatic rings. The van der Waals surface area contributed by atoms with Crippen LogP contribution in [-0.4, -0.2) is 24.0 Å². The van der Waals surface area contributed by atoms with Crippen molar-refractivity contribution in [3.8, 4) is 0 Å². The van der Waals surface area contributed by atoms with Crippen molar-refractivity contribution in [1.29, 1.82) is 0 Å². The zero-order valence-electron chi connectivity index (χ0n) is 12.9. The van der Waals surface area contributed by atoms with Crippen LogP contribution in [0.4, 0.5) is 13.2 Å². The Bertz CT molecular complexity index is 591.